The van der Waals surface area contributed by atoms with Crippen molar-refractivity contribution in [3.63, 3.8) is 0 Å². The Bertz CT molecular complexity index is 704. The third-order valence-corrected chi connectivity index (χ3v) is 2.55. The van der Waals surface area contributed by atoms with E-state index in [2.05, 4.69) is 14.7 Å². The number of methoxy groups -OCH3 is 1. The van der Waals surface area contributed by atoms with Gasteiger partial charge in [-0.2, -0.15) is 13.2 Å². The van der Waals surface area contributed by atoms with Gasteiger partial charge in [0.2, 0.25) is 5.88 Å². The Kier molecular flexibility index (Phi) is 4.15. The van der Waals surface area contributed by atoms with Gasteiger partial charge in [0.05, 0.1) is 18.4 Å². The molecule has 1 aromatic carbocycles. The highest BCUT2D eigenvalue weighted by atomic mass is 19.4. The molecule has 0 amide bonds. The second kappa shape index (κ2) is 5.88. The second-order valence-corrected chi connectivity index (χ2v) is 3.98. The zero-order chi connectivity index (χ0) is 16.3. The van der Waals surface area contributed by atoms with Crippen molar-refractivity contribution in [2.75, 3.05) is 7.11 Å². The number of alkyl halides is 3. The molecular weight excluding hydrogens is 305 g/mol. The minimum absolute atomic E-state index is 0.0370. The van der Waals surface area contributed by atoms with Gasteiger partial charge in [0.25, 0.3) is 0 Å². The van der Waals surface area contributed by atoms with Crippen LogP contribution in [0.1, 0.15) is 0 Å². The Morgan fingerprint density at radius 3 is 2.64 bits per heavy atom. The first-order valence-corrected chi connectivity index (χ1v) is 5.80. The van der Waals surface area contributed by atoms with Crippen LogP contribution in [0, 0.1) is 0 Å². The SMILES string of the molecule is COc1cc(-c2c(O)cccc2OC(=O)C(F)(F)F)ncn1. The molecule has 2 rings (SSSR count). The maximum Gasteiger partial charge on any atom is 0.491 e. The Morgan fingerprint density at radius 2 is 2.00 bits per heavy atom. The Labute approximate surface area is 122 Å². The van der Waals surface area contributed by atoms with Gasteiger partial charge < -0.3 is 14.6 Å². The molecule has 0 saturated heterocycles. The van der Waals surface area contributed by atoms with Crippen molar-refractivity contribution in [2.24, 2.45) is 0 Å². The van der Waals surface area contributed by atoms with Gasteiger partial charge in [-0.25, -0.2) is 14.8 Å². The Morgan fingerprint density at radius 1 is 1.27 bits per heavy atom. The lowest BCUT2D eigenvalue weighted by atomic mass is 10.1. The molecule has 0 aliphatic heterocycles. The van der Waals surface area contributed by atoms with Crippen molar-refractivity contribution in [1.82, 2.24) is 9.97 Å². The average Bonchev–Trinajstić information content (AvgIpc) is 2.46. The summed E-state index contributed by atoms with van der Waals surface area (Å²) in [5, 5.41) is 9.85. The predicted molar refractivity (Wildman–Crippen MR) is 67.4 cm³/mol. The fourth-order valence-corrected chi connectivity index (χ4v) is 1.61. The van der Waals surface area contributed by atoms with Crippen LogP contribution in [0.2, 0.25) is 0 Å². The second-order valence-electron chi connectivity index (χ2n) is 3.98. The monoisotopic (exact) mass is 314 g/mol. The van der Waals surface area contributed by atoms with Crippen LogP contribution >= 0.6 is 0 Å². The van der Waals surface area contributed by atoms with Crippen molar-refractivity contribution < 1.29 is 32.5 Å². The van der Waals surface area contributed by atoms with Gasteiger partial charge >= 0.3 is 12.1 Å². The third kappa shape index (κ3) is 3.25. The fraction of sp³-hybridized carbons (Fsp3) is 0.154. The van der Waals surface area contributed by atoms with Crippen LogP contribution in [0.3, 0.4) is 0 Å². The van der Waals surface area contributed by atoms with Crippen molar-refractivity contribution in [1.29, 1.82) is 0 Å². The lowest BCUT2D eigenvalue weighted by Crippen LogP contribution is -2.28. The first kappa shape index (κ1) is 15.5. The molecule has 116 valence electrons. The quantitative estimate of drug-likeness (QED) is 0.691. The van der Waals surface area contributed by atoms with Crippen LogP contribution in [0.25, 0.3) is 11.3 Å². The van der Waals surface area contributed by atoms with Gasteiger partial charge in [0.1, 0.15) is 17.8 Å². The van der Waals surface area contributed by atoms with Gasteiger partial charge in [-0.1, -0.05) is 6.07 Å². The molecule has 0 spiro atoms. The first-order valence-electron chi connectivity index (χ1n) is 5.80. The number of phenols is 1. The molecule has 0 aliphatic carbocycles. The molecule has 0 atom stereocenters. The number of aromatic hydroxyl groups is 1. The average molecular weight is 314 g/mol. The van der Waals surface area contributed by atoms with Gasteiger partial charge in [0.15, 0.2) is 0 Å². The number of benzene rings is 1. The van der Waals surface area contributed by atoms with Crippen molar-refractivity contribution in [2.45, 2.75) is 6.18 Å². The summed E-state index contributed by atoms with van der Waals surface area (Å²) in [7, 11) is 1.33. The number of aromatic nitrogens is 2. The molecule has 0 unspecified atom stereocenters. The van der Waals surface area contributed by atoms with Crippen molar-refractivity contribution in [3.8, 4) is 28.6 Å². The normalized spacial score (nSPS) is 11.1. The molecule has 1 N–H and O–H groups in total. The summed E-state index contributed by atoms with van der Waals surface area (Å²) in [4.78, 5) is 18.5. The van der Waals surface area contributed by atoms with E-state index in [0.29, 0.717) is 0 Å². The van der Waals surface area contributed by atoms with Crippen LogP contribution in [-0.2, 0) is 4.79 Å². The minimum atomic E-state index is -5.16. The van der Waals surface area contributed by atoms with Crippen molar-refractivity contribution in [3.05, 3.63) is 30.6 Å². The van der Waals surface area contributed by atoms with Crippen LogP contribution < -0.4 is 9.47 Å². The topological polar surface area (TPSA) is 81.5 Å². The molecule has 9 heteroatoms. The van der Waals surface area contributed by atoms with E-state index in [1.54, 1.807) is 0 Å². The summed E-state index contributed by atoms with van der Waals surface area (Å²) in [5.74, 6) is -3.17. The van der Waals surface area contributed by atoms with Crippen LogP contribution in [0.5, 0.6) is 17.4 Å². The summed E-state index contributed by atoms with van der Waals surface area (Å²) in [6, 6.07) is 4.83. The summed E-state index contributed by atoms with van der Waals surface area (Å²) in [6.07, 6.45) is -4.07. The summed E-state index contributed by atoms with van der Waals surface area (Å²) in [6.45, 7) is 0. The Hall–Kier alpha value is -2.84. The van der Waals surface area contributed by atoms with Gasteiger partial charge in [-0.3, -0.25) is 0 Å². The highest BCUT2D eigenvalue weighted by Crippen LogP contribution is 2.38. The number of halogens is 3. The maximum absolute atomic E-state index is 12.3. The molecule has 0 aliphatic rings. The van der Waals surface area contributed by atoms with E-state index in [1.807, 2.05) is 0 Å². The Balaban J connectivity index is 2.49. The summed E-state index contributed by atoms with van der Waals surface area (Å²) < 4.78 is 46.1. The largest absolute Gasteiger partial charge is 0.507 e. The minimum Gasteiger partial charge on any atom is -0.507 e. The molecule has 0 bridgehead atoms. The molecule has 0 radical (unpaired) electrons. The number of hydrogen-bond donors (Lipinski definition) is 1. The highest BCUT2D eigenvalue weighted by molar-refractivity contribution is 5.82. The molecular formula is C13H9F3N2O4. The van der Waals surface area contributed by atoms with Crippen molar-refractivity contribution >= 4 is 5.97 Å². The number of ether oxygens (including phenoxy) is 2. The first-order chi connectivity index (χ1) is 10.3. The predicted octanol–water partition coefficient (Wildman–Crippen LogP) is 2.33. The molecule has 1 aromatic heterocycles. The van der Waals surface area contributed by atoms with Crippen LogP contribution in [0.15, 0.2) is 30.6 Å². The van der Waals surface area contributed by atoms with E-state index in [0.717, 1.165) is 12.4 Å². The number of carbonyl (C=O) groups excluding carboxylic acids is 1. The molecule has 6 nitrogen and oxygen atoms in total. The maximum atomic E-state index is 12.3. The number of rotatable bonds is 3. The van der Waals surface area contributed by atoms with Crippen LogP contribution in [0.4, 0.5) is 13.2 Å². The van der Waals surface area contributed by atoms with E-state index in [-0.39, 0.29) is 17.1 Å². The van der Waals surface area contributed by atoms with E-state index in [1.165, 1.54) is 25.3 Å². The molecule has 0 fully saturated rings. The third-order valence-electron chi connectivity index (χ3n) is 2.55. The van der Waals surface area contributed by atoms with Gasteiger partial charge in [-0.05, 0) is 12.1 Å². The summed E-state index contributed by atoms with van der Waals surface area (Å²) in [5.41, 5.74) is -0.143. The summed E-state index contributed by atoms with van der Waals surface area (Å²) >= 11 is 0. The lowest BCUT2D eigenvalue weighted by Gasteiger charge is -2.12. The molecule has 1 heterocycles. The van der Waals surface area contributed by atoms with E-state index in [9.17, 15) is 23.1 Å². The number of hydrogen-bond acceptors (Lipinski definition) is 6. The molecule has 0 saturated carbocycles. The number of phenolic OH excluding ortho intramolecular Hbond substituents is 1. The number of nitrogens with zero attached hydrogens (tertiary/aromatic N) is 2. The lowest BCUT2D eigenvalue weighted by molar-refractivity contribution is -0.189. The smallest absolute Gasteiger partial charge is 0.491 e. The van der Waals surface area contributed by atoms with E-state index in [4.69, 9.17) is 4.74 Å². The fourth-order valence-electron chi connectivity index (χ4n) is 1.61. The standard InChI is InChI=1S/C13H9F3N2O4/c1-21-10-5-7(17-6-18-10)11-8(19)3-2-4-9(11)22-12(20)13(14,15)16/h2-6,19H,1H3. The zero-order valence-electron chi connectivity index (χ0n) is 11.1. The van der Waals surface area contributed by atoms with Gasteiger partial charge in [0, 0.05) is 6.07 Å². The van der Waals surface area contributed by atoms with E-state index >= 15 is 0 Å². The molecule has 22 heavy (non-hydrogen) atoms. The number of esters is 1. The zero-order valence-corrected chi connectivity index (χ0v) is 11.1. The van der Waals surface area contributed by atoms with Crippen LogP contribution in [-0.4, -0.2) is 34.3 Å². The van der Waals surface area contributed by atoms with Gasteiger partial charge in [-0.15, -0.1) is 0 Å². The number of carbonyl (C=O) groups is 1. The molecule has 2 aromatic rings. The van der Waals surface area contributed by atoms with E-state index < -0.39 is 23.6 Å². The highest BCUT2D eigenvalue weighted by Gasteiger charge is 2.41.